The van der Waals surface area contributed by atoms with Crippen LogP contribution in [0.25, 0.3) is 0 Å². The van der Waals surface area contributed by atoms with Crippen molar-refractivity contribution in [1.29, 1.82) is 0 Å². The maximum absolute atomic E-state index is 13.2. The Morgan fingerprint density at radius 2 is 1.40 bits per heavy atom. The number of alkyl carbamates (subject to hydrolysis) is 1. The van der Waals surface area contributed by atoms with Gasteiger partial charge in [0, 0.05) is 0 Å². The Hall–Kier alpha value is -2.90. The molecule has 3 N–H and O–H groups in total. The van der Waals surface area contributed by atoms with Gasteiger partial charge in [-0.3, -0.25) is 9.59 Å². The fourth-order valence-corrected chi connectivity index (χ4v) is 3.93. The van der Waals surface area contributed by atoms with Gasteiger partial charge in [-0.2, -0.15) is 0 Å². The number of amides is 3. The van der Waals surface area contributed by atoms with Crippen LogP contribution in [0.5, 0.6) is 0 Å². The van der Waals surface area contributed by atoms with Crippen molar-refractivity contribution in [1.82, 2.24) is 16.0 Å². The molecule has 3 amide bonds. The van der Waals surface area contributed by atoms with E-state index in [0.29, 0.717) is 19.3 Å². The van der Waals surface area contributed by atoms with Gasteiger partial charge in [-0.1, -0.05) is 71.9 Å². The average molecular weight is 490 g/mol. The minimum Gasteiger partial charge on any atom is -0.445 e. The predicted octanol–water partition coefficient (Wildman–Crippen LogP) is 3.98. The van der Waals surface area contributed by atoms with Crippen molar-refractivity contribution >= 4 is 24.2 Å². The summed E-state index contributed by atoms with van der Waals surface area (Å²) >= 11 is 0. The molecule has 0 bridgehead atoms. The molecule has 0 saturated carbocycles. The molecular formula is C27H43N3O5. The highest BCUT2D eigenvalue weighted by molar-refractivity contribution is 5.92. The zero-order valence-corrected chi connectivity index (χ0v) is 22.2. The summed E-state index contributed by atoms with van der Waals surface area (Å²) in [5.74, 6) is -0.455. The molecule has 0 heterocycles. The number of carbonyl (C=O) groups excluding carboxylic acids is 4. The molecule has 0 unspecified atom stereocenters. The van der Waals surface area contributed by atoms with E-state index in [0.717, 1.165) is 11.8 Å². The normalized spacial score (nSPS) is 14.7. The zero-order valence-electron chi connectivity index (χ0n) is 22.2. The van der Waals surface area contributed by atoms with E-state index in [1.807, 2.05) is 71.9 Å². The monoisotopic (exact) mass is 489 g/mol. The maximum Gasteiger partial charge on any atom is 0.408 e. The van der Waals surface area contributed by atoms with Gasteiger partial charge in [-0.05, 0) is 49.5 Å². The predicted molar refractivity (Wildman–Crippen MR) is 136 cm³/mol. The molecule has 196 valence electrons. The molecule has 3 atom stereocenters. The molecule has 1 aromatic rings. The Balaban J connectivity index is 2.91. The highest BCUT2D eigenvalue weighted by Gasteiger charge is 2.33. The van der Waals surface area contributed by atoms with Crippen LogP contribution in [0.3, 0.4) is 0 Å². The van der Waals surface area contributed by atoms with Crippen molar-refractivity contribution in [2.45, 2.75) is 92.0 Å². The van der Waals surface area contributed by atoms with Crippen molar-refractivity contribution in [3.05, 3.63) is 35.9 Å². The summed E-state index contributed by atoms with van der Waals surface area (Å²) < 4.78 is 5.28. The first-order valence-corrected chi connectivity index (χ1v) is 12.4. The fraction of sp³-hybridized carbons (Fsp3) is 0.630. The molecule has 0 aliphatic heterocycles. The lowest BCUT2D eigenvalue weighted by atomic mass is 9.91. The number of rotatable bonds is 14. The van der Waals surface area contributed by atoms with Crippen molar-refractivity contribution in [3.63, 3.8) is 0 Å². The highest BCUT2D eigenvalue weighted by Crippen LogP contribution is 2.16. The lowest BCUT2D eigenvalue weighted by Crippen LogP contribution is -2.58. The smallest absolute Gasteiger partial charge is 0.408 e. The summed E-state index contributed by atoms with van der Waals surface area (Å²) in [6.45, 7) is 13.5. The Kier molecular flexibility index (Phi) is 12.5. The number of benzene rings is 1. The van der Waals surface area contributed by atoms with Gasteiger partial charge in [0.1, 0.15) is 25.0 Å². The molecule has 35 heavy (non-hydrogen) atoms. The van der Waals surface area contributed by atoms with Gasteiger partial charge < -0.3 is 25.5 Å². The molecular weight excluding hydrogens is 446 g/mol. The van der Waals surface area contributed by atoms with Crippen LogP contribution < -0.4 is 16.0 Å². The number of carbonyl (C=O) groups is 4. The average Bonchev–Trinajstić information content (AvgIpc) is 2.76. The molecule has 0 aliphatic rings. The second-order valence-electron chi connectivity index (χ2n) is 10.7. The lowest BCUT2D eigenvalue weighted by Gasteiger charge is -2.30. The minimum atomic E-state index is -1.03. The van der Waals surface area contributed by atoms with Gasteiger partial charge in [0.05, 0.1) is 5.54 Å². The third kappa shape index (κ3) is 11.9. The van der Waals surface area contributed by atoms with Crippen LogP contribution in [0, 0.1) is 17.8 Å². The number of aldehydes is 1. The summed E-state index contributed by atoms with van der Waals surface area (Å²) in [6, 6.07) is 7.54. The van der Waals surface area contributed by atoms with E-state index in [2.05, 4.69) is 16.0 Å². The van der Waals surface area contributed by atoms with Crippen molar-refractivity contribution in [3.8, 4) is 0 Å². The number of ether oxygens (including phenoxy) is 1. The van der Waals surface area contributed by atoms with E-state index < -0.39 is 35.5 Å². The van der Waals surface area contributed by atoms with Crippen LogP contribution in [0.2, 0.25) is 0 Å². The number of hydrogen-bond donors (Lipinski definition) is 3. The third-order valence-corrected chi connectivity index (χ3v) is 5.37. The standard InChI is InChI=1S/C27H43N3O5/c1-18(2)13-22(29-26(34)35-16-21-11-9-8-10-12-21)24(32)28-23(14-19(3)4)25(33)30-27(7,17-31)15-20(5)6/h8-12,17-20,22-23H,13-16H2,1-7H3,(H,28,32)(H,29,34)(H,30,33)/t22-,23-,27-/m0/s1. The van der Waals surface area contributed by atoms with Gasteiger partial charge in [-0.15, -0.1) is 0 Å². The van der Waals surface area contributed by atoms with E-state index in [4.69, 9.17) is 4.74 Å². The second-order valence-corrected chi connectivity index (χ2v) is 10.7. The molecule has 0 radical (unpaired) electrons. The quantitative estimate of drug-likeness (QED) is 0.342. The highest BCUT2D eigenvalue weighted by atomic mass is 16.5. The summed E-state index contributed by atoms with van der Waals surface area (Å²) in [5, 5.41) is 8.25. The van der Waals surface area contributed by atoms with Crippen molar-refractivity contribution < 1.29 is 23.9 Å². The zero-order chi connectivity index (χ0) is 26.6. The molecule has 0 aromatic heterocycles. The first-order chi connectivity index (χ1) is 16.3. The fourth-order valence-electron chi connectivity index (χ4n) is 3.93. The molecule has 8 heteroatoms. The first-order valence-electron chi connectivity index (χ1n) is 12.4. The summed E-state index contributed by atoms with van der Waals surface area (Å²) in [5.41, 5.74) is -0.192. The van der Waals surface area contributed by atoms with E-state index in [1.165, 1.54) is 0 Å². The maximum atomic E-state index is 13.2. The third-order valence-electron chi connectivity index (χ3n) is 5.37. The Bertz CT molecular complexity index is 825. The van der Waals surface area contributed by atoms with Gasteiger partial charge in [-0.25, -0.2) is 4.79 Å². The number of nitrogens with one attached hydrogen (secondary N) is 3. The molecule has 0 saturated heterocycles. The molecule has 0 spiro atoms. The van der Waals surface area contributed by atoms with Gasteiger partial charge in [0.2, 0.25) is 11.8 Å². The van der Waals surface area contributed by atoms with Crippen molar-refractivity contribution in [2.75, 3.05) is 0 Å². The van der Waals surface area contributed by atoms with Crippen molar-refractivity contribution in [2.24, 2.45) is 17.8 Å². The van der Waals surface area contributed by atoms with Gasteiger partial charge in [0.25, 0.3) is 0 Å². The summed E-state index contributed by atoms with van der Waals surface area (Å²) in [6.07, 6.45) is 1.29. The van der Waals surface area contributed by atoms with Gasteiger partial charge >= 0.3 is 6.09 Å². The van der Waals surface area contributed by atoms with Crippen LogP contribution in [-0.2, 0) is 25.7 Å². The topological polar surface area (TPSA) is 114 Å². The first kappa shape index (κ1) is 30.1. The van der Waals surface area contributed by atoms with Crippen LogP contribution in [0.1, 0.15) is 73.3 Å². The SMILES string of the molecule is CC(C)C[C@H](NC(=O)OCc1ccccc1)C(=O)N[C@@H](CC(C)C)C(=O)N[C@](C)(C=O)CC(C)C. The molecule has 1 aromatic carbocycles. The molecule has 0 fully saturated rings. The van der Waals surface area contributed by atoms with Gasteiger partial charge in [0.15, 0.2) is 0 Å². The molecule has 8 nitrogen and oxygen atoms in total. The Morgan fingerprint density at radius 3 is 1.89 bits per heavy atom. The van der Waals surface area contributed by atoms with E-state index >= 15 is 0 Å². The van der Waals surface area contributed by atoms with Crippen LogP contribution in [0.15, 0.2) is 30.3 Å². The summed E-state index contributed by atoms with van der Waals surface area (Å²) in [7, 11) is 0. The van der Waals surface area contributed by atoms with Crippen LogP contribution in [-0.4, -0.2) is 41.8 Å². The minimum absolute atomic E-state index is 0.0845. The summed E-state index contributed by atoms with van der Waals surface area (Å²) in [4.78, 5) is 50.4. The Labute approximate surface area is 210 Å². The lowest BCUT2D eigenvalue weighted by molar-refractivity contribution is -0.132. The second kappa shape index (κ2) is 14.5. The molecule has 1 rings (SSSR count). The van der Waals surface area contributed by atoms with Crippen LogP contribution in [0.4, 0.5) is 4.79 Å². The van der Waals surface area contributed by atoms with Crippen LogP contribution >= 0.6 is 0 Å². The van der Waals surface area contributed by atoms with E-state index in [1.54, 1.807) is 6.92 Å². The Morgan fingerprint density at radius 1 is 0.857 bits per heavy atom. The van der Waals surface area contributed by atoms with E-state index in [9.17, 15) is 19.2 Å². The largest absolute Gasteiger partial charge is 0.445 e. The van der Waals surface area contributed by atoms with E-state index in [-0.39, 0.29) is 24.4 Å². The molecule has 0 aliphatic carbocycles. The number of hydrogen-bond acceptors (Lipinski definition) is 5.